The largest absolute Gasteiger partial charge is 0.444 e. The van der Waals surface area contributed by atoms with E-state index in [1.165, 1.54) is 23.1 Å². The van der Waals surface area contributed by atoms with Crippen LogP contribution >= 0.6 is 0 Å². The third-order valence-corrected chi connectivity index (χ3v) is 5.97. The van der Waals surface area contributed by atoms with Gasteiger partial charge in [-0.05, 0) is 51.5 Å². The molecular weight excluding hydrogens is 470 g/mol. The molecule has 4 heterocycles. The fourth-order valence-corrected chi connectivity index (χ4v) is 4.32. The van der Waals surface area contributed by atoms with Crippen LogP contribution in [0.25, 0.3) is 27.7 Å². The molecule has 1 aliphatic rings. The summed E-state index contributed by atoms with van der Waals surface area (Å²) < 4.78 is 38.0. The van der Waals surface area contributed by atoms with Gasteiger partial charge in [-0.1, -0.05) is 0 Å². The van der Waals surface area contributed by atoms with E-state index in [9.17, 15) is 14.0 Å². The number of benzene rings is 1. The molecular formula is C25H26F2N6O3. The molecule has 9 nitrogen and oxygen atoms in total. The fraction of sp³-hybridized carbons (Fsp3) is 0.360. The van der Waals surface area contributed by atoms with Gasteiger partial charge in [0.05, 0.1) is 24.3 Å². The summed E-state index contributed by atoms with van der Waals surface area (Å²) in [7, 11) is 0. The highest BCUT2D eigenvalue weighted by atomic mass is 19.1. The Kier molecular flexibility index (Phi) is 5.65. The highest BCUT2D eigenvalue weighted by molar-refractivity contribution is 5.84. The number of pyridine rings is 1. The third kappa shape index (κ3) is 4.36. The van der Waals surface area contributed by atoms with E-state index in [1.807, 2.05) is 0 Å². The number of fused-ring (bicyclic) bond motifs is 2. The lowest BCUT2D eigenvalue weighted by Gasteiger charge is -2.36. The summed E-state index contributed by atoms with van der Waals surface area (Å²) in [6, 6.07) is 4.06. The lowest BCUT2D eigenvalue weighted by atomic mass is 10.1. The number of hydrogen-bond acceptors (Lipinski definition) is 6. The molecule has 11 heteroatoms. The summed E-state index contributed by atoms with van der Waals surface area (Å²) in [6.45, 7) is 8.57. The van der Waals surface area contributed by atoms with E-state index in [-0.39, 0.29) is 16.6 Å². The Labute approximate surface area is 205 Å². The zero-order valence-corrected chi connectivity index (χ0v) is 20.5. The Morgan fingerprint density at radius 3 is 2.39 bits per heavy atom. The van der Waals surface area contributed by atoms with Gasteiger partial charge in [0.25, 0.3) is 5.56 Å². The molecule has 0 unspecified atom stereocenters. The SMILES string of the molecule is Cc1cn2cc(-c3cc(F)c4c(=O)n(N5CCN(C(=O)OC(C)(C)C)CC5)cnc4c3)cc(F)c2n1. The van der Waals surface area contributed by atoms with Crippen LogP contribution in [0.1, 0.15) is 26.5 Å². The lowest BCUT2D eigenvalue weighted by Crippen LogP contribution is -2.55. The Morgan fingerprint density at radius 1 is 1.00 bits per heavy atom. The molecule has 0 N–H and O–H groups in total. The van der Waals surface area contributed by atoms with Crippen LogP contribution < -0.4 is 10.6 Å². The predicted molar refractivity (Wildman–Crippen MR) is 131 cm³/mol. The van der Waals surface area contributed by atoms with Crippen molar-refractivity contribution in [1.29, 1.82) is 0 Å². The Morgan fingerprint density at radius 2 is 1.69 bits per heavy atom. The zero-order chi connectivity index (χ0) is 25.8. The molecule has 0 aliphatic carbocycles. The standard InChI is InChI=1S/C25H26F2N6O3/c1-15-12-31-13-17(10-19(27)22(31)29-15)16-9-18(26)21-20(11-16)28-14-33(23(21)34)32-7-5-30(6-8-32)24(35)36-25(2,3)4/h9-14H,5-8H2,1-4H3. The van der Waals surface area contributed by atoms with E-state index >= 15 is 4.39 Å². The van der Waals surface area contributed by atoms with Crippen LogP contribution in [0.3, 0.4) is 0 Å². The van der Waals surface area contributed by atoms with Crippen molar-refractivity contribution < 1.29 is 18.3 Å². The maximum atomic E-state index is 15.2. The van der Waals surface area contributed by atoms with Crippen LogP contribution in [0, 0.1) is 18.6 Å². The normalized spacial score (nSPS) is 14.6. The fourth-order valence-electron chi connectivity index (χ4n) is 4.32. The molecule has 188 valence electrons. The molecule has 36 heavy (non-hydrogen) atoms. The van der Waals surface area contributed by atoms with Gasteiger partial charge in [-0.2, -0.15) is 0 Å². The number of piperazine rings is 1. The van der Waals surface area contributed by atoms with Crippen LogP contribution in [0.2, 0.25) is 0 Å². The number of carbonyl (C=O) groups excluding carboxylic acids is 1. The monoisotopic (exact) mass is 496 g/mol. The van der Waals surface area contributed by atoms with E-state index in [1.54, 1.807) is 60.5 Å². The maximum absolute atomic E-state index is 15.2. The lowest BCUT2D eigenvalue weighted by molar-refractivity contribution is 0.0232. The molecule has 3 aromatic heterocycles. The molecule has 5 rings (SSSR count). The van der Waals surface area contributed by atoms with Crippen LogP contribution in [-0.2, 0) is 4.74 Å². The van der Waals surface area contributed by atoms with Gasteiger partial charge in [-0.25, -0.2) is 28.2 Å². The summed E-state index contributed by atoms with van der Waals surface area (Å²) in [5.74, 6) is -1.28. The quantitative estimate of drug-likeness (QED) is 0.423. The van der Waals surface area contributed by atoms with Gasteiger partial charge in [-0.3, -0.25) is 4.79 Å². The number of halogens is 2. The molecule has 0 saturated carbocycles. The van der Waals surface area contributed by atoms with Gasteiger partial charge >= 0.3 is 6.09 Å². The van der Waals surface area contributed by atoms with Gasteiger partial charge in [-0.15, -0.1) is 0 Å². The number of imidazole rings is 1. The first kappa shape index (κ1) is 23.7. The zero-order valence-electron chi connectivity index (χ0n) is 20.5. The van der Waals surface area contributed by atoms with Crippen LogP contribution in [0.15, 0.2) is 41.7 Å². The number of ether oxygens (including phenoxy) is 1. The van der Waals surface area contributed by atoms with Crippen molar-refractivity contribution in [3.8, 4) is 11.1 Å². The molecule has 0 spiro atoms. The second-order valence-electron chi connectivity index (χ2n) is 9.86. The van der Waals surface area contributed by atoms with E-state index < -0.39 is 28.9 Å². The molecule has 1 fully saturated rings. The molecule has 4 aromatic rings. The van der Waals surface area contributed by atoms with Crippen LogP contribution in [0.5, 0.6) is 0 Å². The number of hydrogen-bond donors (Lipinski definition) is 0. The number of carbonyl (C=O) groups is 1. The molecule has 0 radical (unpaired) electrons. The van der Waals surface area contributed by atoms with Crippen molar-refractivity contribution in [2.24, 2.45) is 0 Å². The van der Waals surface area contributed by atoms with Gasteiger partial charge in [0.2, 0.25) is 0 Å². The van der Waals surface area contributed by atoms with E-state index in [4.69, 9.17) is 4.74 Å². The first-order valence-corrected chi connectivity index (χ1v) is 11.6. The average molecular weight is 497 g/mol. The molecule has 0 bridgehead atoms. The van der Waals surface area contributed by atoms with Crippen LogP contribution in [-0.4, -0.2) is 61.8 Å². The second-order valence-corrected chi connectivity index (χ2v) is 9.86. The van der Waals surface area contributed by atoms with Crippen molar-refractivity contribution in [3.63, 3.8) is 0 Å². The predicted octanol–water partition coefficient (Wildman–Crippen LogP) is 3.49. The van der Waals surface area contributed by atoms with E-state index in [2.05, 4.69) is 9.97 Å². The van der Waals surface area contributed by atoms with Crippen LogP contribution in [0.4, 0.5) is 13.6 Å². The van der Waals surface area contributed by atoms with Crippen molar-refractivity contribution in [2.45, 2.75) is 33.3 Å². The van der Waals surface area contributed by atoms with Gasteiger partial charge in [0.1, 0.15) is 23.1 Å². The molecule has 1 saturated heterocycles. The summed E-state index contributed by atoms with van der Waals surface area (Å²) in [6.07, 6.45) is 4.27. The third-order valence-electron chi connectivity index (χ3n) is 5.97. The minimum atomic E-state index is -0.746. The topological polar surface area (TPSA) is 85.0 Å². The highest BCUT2D eigenvalue weighted by Crippen LogP contribution is 2.26. The maximum Gasteiger partial charge on any atom is 0.410 e. The second kappa shape index (κ2) is 8.58. The molecule has 1 aliphatic heterocycles. The van der Waals surface area contributed by atoms with Crippen molar-refractivity contribution in [2.75, 3.05) is 31.2 Å². The molecule has 1 amide bonds. The number of rotatable bonds is 2. The molecule has 0 atom stereocenters. The summed E-state index contributed by atoms with van der Waals surface area (Å²) in [5, 5.41) is 1.56. The minimum absolute atomic E-state index is 0.157. The van der Waals surface area contributed by atoms with Crippen molar-refractivity contribution >= 4 is 22.6 Å². The Balaban J connectivity index is 1.43. The number of nitrogens with zero attached hydrogens (tertiary/aromatic N) is 6. The summed E-state index contributed by atoms with van der Waals surface area (Å²) >= 11 is 0. The van der Waals surface area contributed by atoms with E-state index in [0.717, 1.165) is 0 Å². The highest BCUT2D eigenvalue weighted by Gasteiger charge is 2.27. The Hall–Kier alpha value is -4.02. The summed E-state index contributed by atoms with van der Waals surface area (Å²) in [4.78, 5) is 35.5. The van der Waals surface area contributed by atoms with Crippen molar-refractivity contribution in [1.82, 2.24) is 23.9 Å². The minimum Gasteiger partial charge on any atom is -0.444 e. The number of amides is 1. The van der Waals surface area contributed by atoms with E-state index in [0.29, 0.717) is 43.0 Å². The number of aryl methyl sites for hydroxylation is 1. The number of aromatic nitrogens is 4. The molecule has 1 aromatic carbocycles. The average Bonchev–Trinajstić information content (AvgIpc) is 3.19. The van der Waals surface area contributed by atoms with Gasteiger partial charge < -0.3 is 19.0 Å². The first-order chi connectivity index (χ1) is 17.0. The van der Waals surface area contributed by atoms with Gasteiger partial charge in [0, 0.05) is 31.0 Å². The van der Waals surface area contributed by atoms with Crippen molar-refractivity contribution in [3.05, 3.63) is 64.6 Å². The first-order valence-electron chi connectivity index (χ1n) is 11.6. The summed E-state index contributed by atoms with van der Waals surface area (Å²) in [5.41, 5.74) is 0.682. The Bertz CT molecular complexity index is 1550. The van der Waals surface area contributed by atoms with Gasteiger partial charge in [0.15, 0.2) is 11.5 Å². The smallest absolute Gasteiger partial charge is 0.410 e.